The number of aryl methyl sites for hydroxylation is 2. The minimum Gasteiger partial charge on any atom is -0.477 e. The number of carboxylic acid groups (broad SMARTS) is 1. The zero-order valence-corrected chi connectivity index (χ0v) is 16.2. The van der Waals surface area contributed by atoms with E-state index in [-0.39, 0.29) is 23.2 Å². The summed E-state index contributed by atoms with van der Waals surface area (Å²) < 4.78 is 4.76. The summed E-state index contributed by atoms with van der Waals surface area (Å²) in [6.07, 6.45) is 1.23. The molecular formula is C19H24N4O4. The average molecular weight is 372 g/mol. The van der Waals surface area contributed by atoms with Crippen LogP contribution in [0.4, 0.5) is 0 Å². The predicted molar refractivity (Wildman–Crippen MR) is 97.9 cm³/mol. The molecule has 0 bridgehead atoms. The molecule has 27 heavy (non-hydrogen) atoms. The van der Waals surface area contributed by atoms with Crippen molar-refractivity contribution in [3.63, 3.8) is 0 Å². The van der Waals surface area contributed by atoms with Crippen LogP contribution in [0.5, 0.6) is 0 Å². The predicted octanol–water partition coefficient (Wildman–Crippen LogP) is 2.92. The second kappa shape index (κ2) is 8.66. The molecule has 0 aromatic carbocycles. The van der Waals surface area contributed by atoms with Gasteiger partial charge in [0.05, 0.1) is 7.11 Å². The van der Waals surface area contributed by atoms with Gasteiger partial charge in [-0.3, -0.25) is 0 Å². The van der Waals surface area contributed by atoms with E-state index in [0.29, 0.717) is 30.2 Å². The molecule has 0 amide bonds. The van der Waals surface area contributed by atoms with Crippen LogP contribution in [0, 0.1) is 6.92 Å². The van der Waals surface area contributed by atoms with E-state index in [1.807, 2.05) is 20.8 Å². The van der Waals surface area contributed by atoms with Crippen LogP contribution in [0.1, 0.15) is 83.0 Å². The Balaban J connectivity index is 2.21. The first-order valence-corrected chi connectivity index (χ1v) is 8.76. The Morgan fingerprint density at radius 3 is 2.30 bits per heavy atom. The van der Waals surface area contributed by atoms with Crippen molar-refractivity contribution in [3.8, 4) is 0 Å². The van der Waals surface area contributed by atoms with E-state index in [9.17, 15) is 9.59 Å². The highest BCUT2D eigenvalue weighted by Gasteiger charge is 2.17. The summed E-state index contributed by atoms with van der Waals surface area (Å²) in [5.74, 6) is -0.499. The second-order valence-electron chi connectivity index (χ2n) is 6.75. The van der Waals surface area contributed by atoms with Crippen LogP contribution < -0.4 is 0 Å². The van der Waals surface area contributed by atoms with Gasteiger partial charge in [-0.1, -0.05) is 20.8 Å². The molecule has 0 aliphatic rings. The molecule has 0 fully saturated rings. The maximum atomic E-state index is 11.9. The van der Waals surface area contributed by atoms with Gasteiger partial charge in [0.1, 0.15) is 11.6 Å². The summed E-state index contributed by atoms with van der Waals surface area (Å²) in [5, 5.41) is 9.16. The Morgan fingerprint density at radius 2 is 1.70 bits per heavy atom. The first kappa shape index (κ1) is 20.4. The molecule has 144 valence electrons. The monoisotopic (exact) mass is 372 g/mol. The molecular weight excluding hydrogens is 348 g/mol. The number of aromatic carboxylic acids is 1. The number of ether oxygens (including phenoxy) is 1. The van der Waals surface area contributed by atoms with E-state index in [4.69, 9.17) is 9.84 Å². The van der Waals surface area contributed by atoms with E-state index in [1.165, 1.54) is 13.2 Å². The first-order valence-electron chi connectivity index (χ1n) is 8.76. The fourth-order valence-corrected chi connectivity index (χ4v) is 2.53. The van der Waals surface area contributed by atoms with Crippen LogP contribution in [-0.2, 0) is 11.2 Å². The number of hydrogen-bond donors (Lipinski definition) is 1. The van der Waals surface area contributed by atoms with Gasteiger partial charge in [0.15, 0.2) is 11.4 Å². The third kappa shape index (κ3) is 5.29. The highest BCUT2D eigenvalue weighted by molar-refractivity contribution is 5.87. The number of esters is 1. The number of rotatable bonds is 7. The smallest absolute Gasteiger partial charge is 0.356 e. The van der Waals surface area contributed by atoms with Gasteiger partial charge in [-0.25, -0.2) is 29.5 Å². The third-order valence-corrected chi connectivity index (χ3v) is 4.07. The molecule has 2 aromatic rings. The maximum Gasteiger partial charge on any atom is 0.356 e. The van der Waals surface area contributed by atoms with Crippen LogP contribution in [0.2, 0.25) is 0 Å². The summed E-state index contributed by atoms with van der Waals surface area (Å²) in [7, 11) is 1.32. The van der Waals surface area contributed by atoms with Gasteiger partial charge < -0.3 is 9.84 Å². The topological polar surface area (TPSA) is 115 Å². The molecule has 1 unspecified atom stereocenters. The lowest BCUT2D eigenvalue weighted by Crippen LogP contribution is -2.12. The number of carbonyl (C=O) groups is 2. The number of nitrogens with zero attached hydrogens (tertiary/aromatic N) is 4. The lowest BCUT2D eigenvalue weighted by molar-refractivity contribution is 0.0592. The molecule has 8 nitrogen and oxygen atoms in total. The standard InChI is InChI=1S/C19H24N4O4/c1-10(2)16-21-13(9-15(23-16)19(26)27-5)7-6-11(3)17-20-12(4)8-14(22-17)18(24)25/h8-11H,6-7H2,1-5H3,(H,24,25). The normalized spacial score (nSPS) is 12.1. The molecule has 2 aromatic heterocycles. The summed E-state index contributed by atoms with van der Waals surface area (Å²) in [5.41, 5.74) is 1.56. The van der Waals surface area contributed by atoms with Gasteiger partial charge >= 0.3 is 11.9 Å². The Hall–Kier alpha value is -2.90. The van der Waals surface area contributed by atoms with Gasteiger partial charge in [0.2, 0.25) is 0 Å². The van der Waals surface area contributed by atoms with E-state index >= 15 is 0 Å². The SMILES string of the molecule is COC(=O)c1cc(CCC(C)c2nc(C)cc(C(=O)O)n2)nc(C(C)C)n1. The summed E-state index contributed by atoms with van der Waals surface area (Å²) in [6, 6.07) is 3.07. The highest BCUT2D eigenvalue weighted by atomic mass is 16.5. The van der Waals surface area contributed by atoms with Crippen molar-refractivity contribution in [2.75, 3.05) is 7.11 Å². The van der Waals surface area contributed by atoms with Crippen molar-refractivity contribution in [2.24, 2.45) is 0 Å². The van der Waals surface area contributed by atoms with Gasteiger partial charge in [-0.05, 0) is 31.9 Å². The van der Waals surface area contributed by atoms with Gasteiger partial charge in [-0.15, -0.1) is 0 Å². The van der Waals surface area contributed by atoms with E-state index in [0.717, 1.165) is 5.69 Å². The Bertz CT molecular complexity index is 852. The number of methoxy groups -OCH3 is 1. The molecule has 0 aliphatic heterocycles. The largest absolute Gasteiger partial charge is 0.477 e. The lowest BCUT2D eigenvalue weighted by atomic mass is 10.0. The minimum absolute atomic E-state index is 0.0125. The molecule has 0 aliphatic carbocycles. The van der Waals surface area contributed by atoms with Gasteiger partial charge in [0.25, 0.3) is 0 Å². The van der Waals surface area contributed by atoms with Crippen LogP contribution in [0.15, 0.2) is 12.1 Å². The molecule has 1 atom stereocenters. The van der Waals surface area contributed by atoms with E-state index in [2.05, 4.69) is 19.9 Å². The van der Waals surface area contributed by atoms with Crippen molar-refractivity contribution < 1.29 is 19.4 Å². The van der Waals surface area contributed by atoms with Crippen molar-refractivity contribution in [1.82, 2.24) is 19.9 Å². The third-order valence-electron chi connectivity index (χ3n) is 4.07. The summed E-state index contributed by atoms with van der Waals surface area (Å²) in [4.78, 5) is 40.3. The first-order chi connectivity index (χ1) is 12.7. The average Bonchev–Trinajstić information content (AvgIpc) is 2.64. The molecule has 2 heterocycles. The van der Waals surface area contributed by atoms with E-state index < -0.39 is 11.9 Å². The Morgan fingerprint density at radius 1 is 1.04 bits per heavy atom. The fourth-order valence-electron chi connectivity index (χ4n) is 2.53. The summed E-state index contributed by atoms with van der Waals surface area (Å²) >= 11 is 0. The number of carboxylic acids is 1. The van der Waals surface area contributed by atoms with Crippen LogP contribution in [0.3, 0.4) is 0 Å². The fraction of sp³-hybridized carbons (Fsp3) is 0.474. The molecule has 0 radical (unpaired) electrons. The summed E-state index contributed by atoms with van der Waals surface area (Å²) in [6.45, 7) is 7.59. The zero-order valence-electron chi connectivity index (χ0n) is 16.2. The molecule has 2 rings (SSSR count). The second-order valence-corrected chi connectivity index (χ2v) is 6.75. The van der Waals surface area contributed by atoms with Crippen molar-refractivity contribution >= 4 is 11.9 Å². The number of hydrogen-bond acceptors (Lipinski definition) is 7. The Kier molecular flexibility index (Phi) is 6.55. The highest BCUT2D eigenvalue weighted by Crippen LogP contribution is 2.20. The van der Waals surface area contributed by atoms with Crippen molar-refractivity contribution in [3.05, 3.63) is 46.6 Å². The van der Waals surface area contributed by atoms with Gasteiger partial charge in [0, 0.05) is 23.2 Å². The maximum absolute atomic E-state index is 11.9. The Labute approximate surface area is 158 Å². The van der Waals surface area contributed by atoms with Crippen LogP contribution >= 0.6 is 0 Å². The lowest BCUT2D eigenvalue weighted by Gasteiger charge is -2.13. The van der Waals surface area contributed by atoms with Crippen LogP contribution in [-0.4, -0.2) is 44.1 Å². The van der Waals surface area contributed by atoms with Gasteiger partial charge in [-0.2, -0.15) is 0 Å². The molecule has 0 spiro atoms. The van der Waals surface area contributed by atoms with Crippen LogP contribution in [0.25, 0.3) is 0 Å². The zero-order chi connectivity index (χ0) is 20.1. The quantitative estimate of drug-likeness (QED) is 0.738. The van der Waals surface area contributed by atoms with Crippen molar-refractivity contribution in [1.29, 1.82) is 0 Å². The molecule has 0 saturated heterocycles. The number of carbonyl (C=O) groups excluding carboxylic acids is 1. The van der Waals surface area contributed by atoms with Crippen molar-refractivity contribution in [2.45, 2.75) is 52.4 Å². The molecule has 0 saturated carbocycles. The molecule has 1 N–H and O–H groups in total. The minimum atomic E-state index is -1.07. The molecule has 8 heteroatoms. The van der Waals surface area contributed by atoms with E-state index in [1.54, 1.807) is 13.0 Å². The number of aromatic nitrogens is 4.